The molecular weight excluding hydrogens is 339 g/mol. The summed E-state index contributed by atoms with van der Waals surface area (Å²) in [6.45, 7) is 1.96. The van der Waals surface area contributed by atoms with Crippen LogP contribution in [0, 0.1) is 6.92 Å². The summed E-state index contributed by atoms with van der Waals surface area (Å²) in [6.07, 6.45) is -4.69. The first-order valence-electron chi connectivity index (χ1n) is 7.11. The number of aryl methyl sites for hydroxylation is 1. The van der Waals surface area contributed by atoms with Gasteiger partial charge < -0.3 is 10.1 Å². The molecule has 0 aliphatic carbocycles. The number of ether oxygens (including phenoxy) is 1. The van der Waals surface area contributed by atoms with E-state index < -0.39 is 6.36 Å². The lowest BCUT2D eigenvalue weighted by Crippen LogP contribution is -2.17. The number of nitrogens with one attached hydrogen (secondary N) is 1. The van der Waals surface area contributed by atoms with Crippen LogP contribution in [-0.4, -0.2) is 18.0 Å². The first-order chi connectivity index (χ1) is 11.3. The minimum Gasteiger partial charge on any atom is -0.406 e. The van der Waals surface area contributed by atoms with Gasteiger partial charge in [0.25, 0.3) is 0 Å². The van der Waals surface area contributed by atoms with Gasteiger partial charge in [-0.1, -0.05) is 29.8 Å². The second kappa shape index (κ2) is 8.10. The van der Waals surface area contributed by atoms with Crippen LogP contribution < -0.4 is 10.1 Å². The third-order valence-corrected chi connectivity index (χ3v) is 4.00. The van der Waals surface area contributed by atoms with E-state index >= 15 is 0 Å². The van der Waals surface area contributed by atoms with Crippen molar-refractivity contribution in [1.29, 1.82) is 0 Å². The number of benzene rings is 2. The number of anilines is 1. The molecule has 0 aliphatic rings. The van der Waals surface area contributed by atoms with Crippen LogP contribution in [-0.2, 0) is 10.5 Å². The predicted molar refractivity (Wildman–Crippen MR) is 89.1 cm³/mol. The van der Waals surface area contributed by atoms with Crippen molar-refractivity contribution in [2.45, 2.75) is 19.0 Å². The molecule has 7 heteroatoms. The van der Waals surface area contributed by atoms with Gasteiger partial charge in [0.1, 0.15) is 5.75 Å². The molecule has 1 amide bonds. The van der Waals surface area contributed by atoms with Crippen molar-refractivity contribution >= 4 is 23.4 Å². The van der Waals surface area contributed by atoms with E-state index in [1.165, 1.54) is 23.9 Å². The lowest BCUT2D eigenvalue weighted by molar-refractivity contribution is -0.274. The highest BCUT2D eigenvalue weighted by Crippen LogP contribution is 2.23. The van der Waals surface area contributed by atoms with Crippen molar-refractivity contribution in [1.82, 2.24) is 0 Å². The molecule has 2 aromatic rings. The van der Waals surface area contributed by atoms with Crippen LogP contribution in [0.3, 0.4) is 0 Å². The van der Waals surface area contributed by atoms with Gasteiger partial charge in [-0.3, -0.25) is 4.79 Å². The average molecular weight is 355 g/mol. The summed E-state index contributed by atoms with van der Waals surface area (Å²) >= 11 is 1.38. The molecule has 0 atom stereocenters. The zero-order valence-corrected chi connectivity index (χ0v) is 13.7. The maximum absolute atomic E-state index is 12.1. The quantitative estimate of drug-likeness (QED) is 0.811. The van der Waals surface area contributed by atoms with E-state index in [0.717, 1.165) is 16.8 Å². The molecule has 0 fully saturated rings. The molecule has 0 saturated heterocycles. The molecule has 0 bridgehead atoms. The second-order valence-electron chi connectivity index (χ2n) is 5.10. The summed E-state index contributed by atoms with van der Waals surface area (Å²) in [5, 5.41) is 2.79. The van der Waals surface area contributed by atoms with Crippen molar-refractivity contribution < 1.29 is 22.7 Å². The molecule has 0 heterocycles. The van der Waals surface area contributed by atoms with Gasteiger partial charge in [-0.05, 0) is 36.8 Å². The van der Waals surface area contributed by atoms with Crippen LogP contribution >= 0.6 is 11.8 Å². The topological polar surface area (TPSA) is 38.3 Å². The second-order valence-corrected chi connectivity index (χ2v) is 6.08. The van der Waals surface area contributed by atoms with Gasteiger partial charge in [-0.2, -0.15) is 0 Å². The highest BCUT2D eigenvalue weighted by molar-refractivity contribution is 7.99. The smallest absolute Gasteiger partial charge is 0.406 e. The fourth-order valence-electron chi connectivity index (χ4n) is 1.88. The number of amides is 1. The molecule has 0 unspecified atom stereocenters. The molecule has 128 valence electrons. The number of carbonyl (C=O) groups is 1. The Bertz CT molecular complexity index is 670. The Balaban J connectivity index is 1.75. The van der Waals surface area contributed by atoms with Crippen molar-refractivity contribution in [3.05, 3.63) is 59.7 Å². The molecule has 3 nitrogen and oxygen atoms in total. The van der Waals surface area contributed by atoms with E-state index in [1.54, 1.807) is 12.1 Å². The van der Waals surface area contributed by atoms with Crippen molar-refractivity contribution in [3.8, 4) is 5.75 Å². The Labute approximate surface area is 142 Å². The number of rotatable bonds is 6. The molecule has 0 saturated carbocycles. The molecule has 1 N–H and O–H groups in total. The van der Waals surface area contributed by atoms with Crippen LogP contribution in [0.15, 0.2) is 48.5 Å². The third kappa shape index (κ3) is 6.54. The van der Waals surface area contributed by atoms with Crippen molar-refractivity contribution in [2.24, 2.45) is 0 Å². The van der Waals surface area contributed by atoms with Crippen LogP contribution in [0.4, 0.5) is 18.9 Å². The number of thioether (sulfide) groups is 1. The third-order valence-electron chi connectivity index (χ3n) is 2.99. The van der Waals surface area contributed by atoms with Gasteiger partial charge >= 0.3 is 6.36 Å². The number of carbonyl (C=O) groups excluding carboxylic acids is 1. The van der Waals surface area contributed by atoms with E-state index in [9.17, 15) is 18.0 Å². The van der Waals surface area contributed by atoms with Gasteiger partial charge in [0.2, 0.25) is 5.91 Å². The fraction of sp³-hybridized carbons (Fsp3) is 0.235. The van der Waals surface area contributed by atoms with Gasteiger partial charge in [0, 0.05) is 11.4 Å². The van der Waals surface area contributed by atoms with E-state index in [1.807, 2.05) is 31.2 Å². The molecule has 0 aliphatic heterocycles. The largest absolute Gasteiger partial charge is 0.573 e. The number of hydrogen-bond acceptors (Lipinski definition) is 3. The van der Waals surface area contributed by atoms with Crippen LogP contribution in [0.5, 0.6) is 5.75 Å². The number of halogens is 3. The van der Waals surface area contributed by atoms with E-state index in [0.29, 0.717) is 5.75 Å². The summed E-state index contributed by atoms with van der Waals surface area (Å²) < 4.78 is 40.0. The molecule has 0 radical (unpaired) electrons. The van der Waals surface area contributed by atoms with E-state index in [2.05, 4.69) is 10.1 Å². The van der Waals surface area contributed by atoms with Gasteiger partial charge in [-0.25, -0.2) is 0 Å². The number of hydrogen-bond donors (Lipinski definition) is 1. The van der Waals surface area contributed by atoms with Crippen LogP contribution in [0.2, 0.25) is 0 Å². The molecule has 2 rings (SSSR count). The summed E-state index contributed by atoms with van der Waals surface area (Å²) in [4.78, 5) is 11.8. The van der Waals surface area contributed by atoms with Crippen LogP contribution in [0.1, 0.15) is 11.1 Å². The lowest BCUT2D eigenvalue weighted by Gasteiger charge is -2.09. The molecule has 0 spiro atoms. The fourth-order valence-corrected chi connectivity index (χ4v) is 2.67. The summed E-state index contributed by atoms with van der Waals surface area (Å²) in [6, 6.07) is 13.1. The molecule has 0 aromatic heterocycles. The minimum absolute atomic E-state index is 0.124. The SMILES string of the molecule is Cc1ccc(NC(=O)CSCc2ccc(OC(F)(F)F)cc2)cc1. The monoisotopic (exact) mass is 355 g/mol. The standard InChI is InChI=1S/C17H16F3NO2S/c1-12-2-6-14(7-3-12)21-16(22)11-24-10-13-4-8-15(9-5-13)23-17(18,19)20/h2-9H,10-11H2,1H3,(H,21,22). The van der Waals surface area contributed by atoms with E-state index in [4.69, 9.17) is 0 Å². The Hall–Kier alpha value is -2.15. The Morgan fingerprint density at radius 3 is 2.29 bits per heavy atom. The maximum atomic E-state index is 12.1. The number of alkyl halides is 3. The van der Waals surface area contributed by atoms with Gasteiger partial charge in [-0.15, -0.1) is 24.9 Å². The van der Waals surface area contributed by atoms with E-state index in [-0.39, 0.29) is 17.4 Å². The molecule has 24 heavy (non-hydrogen) atoms. The summed E-state index contributed by atoms with van der Waals surface area (Å²) in [5.74, 6) is 0.400. The Morgan fingerprint density at radius 1 is 1.08 bits per heavy atom. The molecular formula is C17H16F3NO2S. The van der Waals surface area contributed by atoms with Crippen molar-refractivity contribution in [3.63, 3.8) is 0 Å². The molecule has 2 aromatic carbocycles. The Morgan fingerprint density at radius 2 is 1.71 bits per heavy atom. The van der Waals surface area contributed by atoms with Crippen LogP contribution in [0.25, 0.3) is 0 Å². The lowest BCUT2D eigenvalue weighted by atomic mass is 10.2. The minimum atomic E-state index is -4.69. The summed E-state index contributed by atoms with van der Waals surface area (Å²) in [5.41, 5.74) is 2.66. The average Bonchev–Trinajstić information content (AvgIpc) is 2.50. The zero-order valence-electron chi connectivity index (χ0n) is 12.9. The van der Waals surface area contributed by atoms with Gasteiger partial charge in [0.05, 0.1) is 5.75 Å². The predicted octanol–water partition coefficient (Wildman–Crippen LogP) is 4.77. The maximum Gasteiger partial charge on any atom is 0.573 e. The summed E-state index contributed by atoms with van der Waals surface area (Å²) in [7, 11) is 0. The normalized spacial score (nSPS) is 11.2. The van der Waals surface area contributed by atoms with Crippen molar-refractivity contribution in [2.75, 3.05) is 11.1 Å². The highest BCUT2D eigenvalue weighted by Gasteiger charge is 2.30. The Kier molecular flexibility index (Phi) is 6.14. The van der Waals surface area contributed by atoms with Gasteiger partial charge in [0.15, 0.2) is 0 Å². The first-order valence-corrected chi connectivity index (χ1v) is 8.26. The highest BCUT2D eigenvalue weighted by atomic mass is 32.2. The zero-order chi connectivity index (χ0) is 17.6. The first kappa shape index (κ1) is 18.2.